The van der Waals surface area contributed by atoms with Crippen LogP contribution in [0, 0.1) is 0 Å². The molecule has 0 amide bonds. The molecule has 0 N–H and O–H groups in total. The number of imidazole rings is 1. The summed E-state index contributed by atoms with van der Waals surface area (Å²) in [5, 5.41) is 1.31. The van der Waals surface area contributed by atoms with Gasteiger partial charge in [0, 0.05) is 16.5 Å². The van der Waals surface area contributed by atoms with Crippen LogP contribution in [0.25, 0.3) is 44.2 Å². The Balaban J connectivity index is 1.56. The van der Waals surface area contributed by atoms with Crippen molar-refractivity contribution in [2.45, 2.75) is 6.61 Å². The van der Waals surface area contributed by atoms with E-state index in [0.29, 0.717) is 17.5 Å². The predicted molar refractivity (Wildman–Crippen MR) is 120 cm³/mol. The van der Waals surface area contributed by atoms with Gasteiger partial charge in [-0.05, 0) is 42.4 Å². The van der Waals surface area contributed by atoms with Gasteiger partial charge in [-0.25, -0.2) is 4.98 Å². The van der Waals surface area contributed by atoms with E-state index in [2.05, 4.69) is 4.57 Å². The third-order valence-corrected chi connectivity index (χ3v) is 5.73. The number of aromatic nitrogens is 3. The van der Waals surface area contributed by atoms with Gasteiger partial charge >= 0.3 is 0 Å². The molecule has 2 aromatic heterocycles. The molecule has 0 unspecified atom stereocenters. The zero-order valence-electron chi connectivity index (χ0n) is 19.8. The second kappa shape index (κ2) is 5.74. The quantitative estimate of drug-likeness (QED) is 0.343. The lowest BCUT2D eigenvalue weighted by Crippen LogP contribution is -2.12. The van der Waals surface area contributed by atoms with Crippen molar-refractivity contribution in [1.82, 2.24) is 14.1 Å². The van der Waals surface area contributed by atoms with E-state index in [0.717, 1.165) is 44.9 Å². The monoisotopic (exact) mass is 391 g/mol. The molecule has 3 heterocycles. The molecule has 4 nitrogen and oxygen atoms in total. The Morgan fingerprint density at radius 3 is 2.67 bits per heavy atom. The van der Waals surface area contributed by atoms with Gasteiger partial charge in [0.15, 0.2) is 5.82 Å². The second-order valence-electron chi connectivity index (χ2n) is 7.37. The third-order valence-electron chi connectivity index (χ3n) is 5.73. The minimum absolute atomic E-state index is 0.0294. The van der Waals surface area contributed by atoms with Gasteiger partial charge in [-0.2, -0.15) is 0 Å². The highest BCUT2D eigenvalue weighted by Gasteiger charge is 2.21. The fourth-order valence-electron chi connectivity index (χ4n) is 4.47. The van der Waals surface area contributed by atoms with Crippen LogP contribution < -0.4 is 4.74 Å². The van der Waals surface area contributed by atoms with E-state index < -0.39 is 0 Å². The lowest BCUT2D eigenvalue weighted by atomic mass is 10.2. The third kappa shape index (κ3) is 2.02. The first kappa shape index (κ1) is 12.5. The van der Waals surface area contributed by atoms with Crippen molar-refractivity contribution < 1.29 is 10.2 Å². The first-order valence-electron chi connectivity index (χ1n) is 11.8. The van der Waals surface area contributed by atoms with E-state index in [1.54, 1.807) is 0 Å². The first-order valence-corrected chi connectivity index (χ1v) is 9.78. The average Bonchev–Trinajstić information content (AvgIpc) is 3.42. The number of fused-ring (bicyclic) bond motifs is 8. The molecular formula is C26H17N3O. The Hall–Kier alpha value is -4.05. The Bertz CT molecular complexity index is 1820. The summed E-state index contributed by atoms with van der Waals surface area (Å²) in [7, 11) is 0. The molecule has 4 heteroatoms. The molecule has 7 rings (SSSR count). The zero-order valence-corrected chi connectivity index (χ0v) is 15.8. The highest BCUT2D eigenvalue weighted by molar-refractivity contribution is 6.09. The fraction of sp³-hybridized carbons (Fsp3) is 0.0385. The zero-order chi connectivity index (χ0) is 23.1. The van der Waals surface area contributed by atoms with Gasteiger partial charge in [-0.15, -0.1) is 0 Å². The van der Waals surface area contributed by atoms with Crippen LogP contribution in [0.1, 0.15) is 11.3 Å². The van der Waals surface area contributed by atoms with E-state index in [-0.39, 0.29) is 24.2 Å². The SMILES string of the molecule is [2H]c1c([2H])c([2H])c2c(c1[2H])c1ccccc1n2-c1ccc2c(c1)nc1n2-c2ccccc2OC1. The Morgan fingerprint density at radius 1 is 0.800 bits per heavy atom. The van der Waals surface area contributed by atoms with Crippen molar-refractivity contribution in [3.8, 4) is 17.1 Å². The van der Waals surface area contributed by atoms with Gasteiger partial charge in [0.1, 0.15) is 12.4 Å². The molecule has 1 aliphatic heterocycles. The van der Waals surface area contributed by atoms with E-state index in [1.807, 2.05) is 71.3 Å². The number of hydrogen-bond acceptors (Lipinski definition) is 2. The van der Waals surface area contributed by atoms with Crippen molar-refractivity contribution in [2.75, 3.05) is 0 Å². The van der Waals surface area contributed by atoms with Gasteiger partial charge in [0.25, 0.3) is 0 Å². The van der Waals surface area contributed by atoms with Crippen LogP contribution in [0.15, 0.2) is 90.9 Å². The van der Waals surface area contributed by atoms with Gasteiger partial charge in [-0.3, -0.25) is 4.57 Å². The van der Waals surface area contributed by atoms with Crippen molar-refractivity contribution in [1.29, 1.82) is 0 Å². The molecule has 0 radical (unpaired) electrons. The van der Waals surface area contributed by atoms with Crippen LogP contribution in [-0.4, -0.2) is 14.1 Å². The van der Waals surface area contributed by atoms with Crippen molar-refractivity contribution >= 4 is 32.8 Å². The summed E-state index contributed by atoms with van der Waals surface area (Å²) in [4.78, 5) is 4.83. The lowest BCUT2D eigenvalue weighted by Gasteiger charge is -2.19. The maximum absolute atomic E-state index is 8.65. The maximum Gasteiger partial charge on any atom is 0.152 e. The molecule has 1 aliphatic rings. The minimum atomic E-state index is -0.242. The molecule has 0 fully saturated rings. The number of ether oxygens (including phenoxy) is 1. The summed E-state index contributed by atoms with van der Waals surface area (Å²) in [5.74, 6) is 1.63. The molecule has 0 aliphatic carbocycles. The van der Waals surface area contributed by atoms with Gasteiger partial charge < -0.3 is 9.30 Å². The van der Waals surface area contributed by atoms with Crippen LogP contribution >= 0.6 is 0 Å². The predicted octanol–water partition coefficient (Wildman–Crippen LogP) is 6.02. The smallest absolute Gasteiger partial charge is 0.152 e. The maximum atomic E-state index is 8.65. The number of hydrogen-bond donors (Lipinski definition) is 0. The van der Waals surface area contributed by atoms with Gasteiger partial charge in [-0.1, -0.05) is 48.5 Å². The van der Waals surface area contributed by atoms with E-state index in [4.69, 9.17) is 15.2 Å². The molecule has 0 saturated heterocycles. The van der Waals surface area contributed by atoms with Crippen LogP contribution in [0.4, 0.5) is 0 Å². The summed E-state index contributed by atoms with van der Waals surface area (Å²) >= 11 is 0. The topological polar surface area (TPSA) is 32.0 Å². The molecule has 4 aromatic carbocycles. The Labute approximate surface area is 178 Å². The van der Waals surface area contributed by atoms with Crippen molar-refractivity contribution in [3.63, 3.8) is 0 Å². The number of para-hydroxylation sites is 4. The molecular weight excluding hydrogens is 370 g/mol. The van der Waals surface area contributed by atoms with E-state index in [9.17, 15) is 0 Å². The molecule has 30 heavy (non-hydrogen) atoms. The van der Waals surface area contributed by atoms with Crippen LogP contribution in [0.5, 0.6) is 5.75 Å². The van der Waals surface area contributed by atoms with E-state index >= 15 is 0 Å². The molecule has 0 spiro atoms. The minimum Gasteiger partial charge on any atom is -0.483 e. The Morgan fingerprint density at radius 2 is 1.67 bits per heavy atom. The van der Waals surface area contributed by atoms with Crippen molar-refractivity contribution in [3.05, 3.63) is 96.7 Å². The summed E-state index contributed by atoms with van der Waals surface area (Å²) < 4.78 is 43.5. The highest BCUT2D eigenvalue weighted by Crippen LogP contribution is 2.35. The summed E-state index contributed by atoms with van der Waals surface area (Å²) in [6.07, 6.45) is 0. The van der Waals surface area contributed by atoms with Gasteiger partial charge in [0.2, 0.25) is 0 Å². The Kier molecular flexibility index (Phi) is 2.39. The van der Waals surface area contributed by atoms with Gasteiger partial charge in [0.05, 0.1) is 33.2 Å². The molecule has 0 saturated carbocycles. The molecule has 0 bridgehead atoms. The lowest BCUT2D eigenvalue weighted by molar-refractivity contribution is 0.280. The van der Waals surface area contributed by atoms with Crippen LogP contribution in [-0.2, 0) is 6.61 Å². The highest BCUT2D eigenvalue weighted by atomic mass is 16.5. The standard InChI is InChI=1S/C26H17N3O/c1-3-9-21-18(7-1)19-8-2-4-10-22(19)28(21)17-13-14-23-20(15-17)27-26-16-30-25-12-6-5-11-24(25)29(23)26/h1-15H,16H2/i1D,3D,7D,9D. The summed E-state index contributed by atoms with van der Waals surface area (Å²) in [5.41, 5.74) is 4.76. The number of benzene rings is 4. The average molecular weight is 391 g/mol. The first-order chi connectivity index (χ1) is 16.5. The second-order valence-corrected chi connectivity index (χ2v) is 7.37. The normalized spacial score (nSPS) is 14.7. The fourth-order valence-corrected chi connectivity index (χ4v) is 4.47. The number of nitrogens with zero attached hydrogens (tertiary/aromatic N) is 3. The van der Waals surface area contributed by atoms with Crippen LogP contribution in [0.3, 0.4) is 0 Å². The summed E-state index contributed by atoms with van der Waals surface area (Å²) in [6, 6.07) is 20.9. The molecule has 142 valence electrons. The summed E-state index contributed by atoms with van der Waals surface area (Å²) in [6.45, 7) is 0.379. The van der Waals surface area contributed by atoms with E-state index in [1.165, 1.54) is 0 Å². The molecule has 6 aromatic rings. The number of rotatable bonds is 1. The van der Waals surface area contributed by atoms with Crippen LogP contribution in [0.2, 0.25) is 0 Å². The van der Waals surface area contributed by atoms with Crippen molar-refractivity contribution in [2.24, 2.45) is 0 Å². The molecule has 0 atom stereocenters. The largest absolute Gasteiger partial charge is 0.483 e.